The molecule has 11 heavy (non-hydrogen) atoms. The molecule has 0 nitrogen and oxygen atoms in total. The normalized spacial score (nSPS) is 12.7. The molecule has 0 atom stereocenters. The van der Waals surface area contributed by atoms with Gasteiger partial charge in [-0.2, -0.15) is 13.2 Å². The second kappa shape index (κ2) is 5.22. The SMILES string of the molecule is CCCC=CCCC(F)(F)F. The summed E-state index contributed by atoms with van der Waals surface area (Å²) in [5.74, 6) is 0. The van der Waals surface area contributed by atoms with Crippen LogP contribution < -0.4 is 0 Å². The first-order valence-corrected chi connectivity index (χ1v) is 3.78. The summed E-state index contributed by atoms with van der Waals surface area (Å²) >= 11 is 0. The van der Waals surface area contributed by atoms with Gasteiger partial charge in [-0.1, -0.05) is 25.5 Å². The van der Waals surface area contributed by atoms with Gasteiger partial charge in [-0.15, -0.1) is 0 Å². The Labute approximate surface area is 65.1 Å². The van der Waals surface area contributed by atoms with Crippen molar-refractivity contribution in [2.45, 2.75) is 38.8 Å². The molecule has 0 aromatic carbocycles. The third kappa shape index (κ3) is 9.53. The number of rotatable bonds is 4. The summed E-state index contributed by atoms with van der Waals surface area (Å²) in [6.45, 7) is 1.99. The van der Waals surface area contributed by atoms with Gasteiger partial charge in [0.2, 0.25) is 0 Å². The number of halogens is 3. The highest BCUT2D eigenvalue weighted by atomic mass is 19.4. The van der Waals surface area contributed by atoms with E-state index in [1.54, 1.807) is 12.2 Å². The minimum Gasteiger partial charge on any atom is -0.171 e. The van der Waals surface area contributed by atoms with E-state index in [0.29, 0.717) is 0 Å². The van der Waals surface area contributed by atoms with Crippen LogP contribution in [0.3, 0.4) is 0 Å². The highest BCUT2D eigenvalue weighted by Crippen LogP contribution is 2.21. The quantitative estimate of drug-likeness (QED) is 0.559. The van der Waals surface area contributed by atoms with Crippen LogP contribution in [0.2, 0.25) is 0 Å². The Morgan fingerprint density at radius 2 is 1.64 bits per heavy atom. The molecular weight excluding hydrogens is 153 g/mol. The molecule has 0 rings (SSSR count). The zero-order chi connectivity index (χ0) is 8.74. The molecule has 0 spiro atoms. The molecule has 0 N–H and O–H groups in total. The zero-order valence-electron chi connectivity index (χ0n) is 6.62. The van der Waals surface area contributed by atoms with Gasteiger partial charge in [0.1, 0.15) is 0 Å². The summed E-state index contributed by atoms with van der Waals surface area (Å²) in [5, 5.41) is 0. The van der Waals surface area contributed by atoms with Crippen LogP contribution in [0.4, 0.5) is 13.2 Å². The van der Waals surface area contributed by atoms with E-state index in [2.05, 4.69) is 0 Å². The van der Waals surface area contributed by atoms with E-state index in [1.165, 1.54) is 0 Å². The topological polar surface area (TPSA) is 0 Å². The van der Waals surface area contributed by atoms with Crippen molar-refractivity contribution in [2.75, 3.05) is 0 Å². The van der Waals surface area contributed by atoms with Crippen molar-refractivity contribution in [1.29, 1.82) is 0 Å². The molecule has 0 bridgehead atoms. The summed E-state index contributed by atoms with van der Waals surface area (Å²) in [5.41, 5.74) is 0. The van der Waals surface area contributed by atoms with Gasteiger partial charge in [-0.05, 0) is 12.8 Å². The lowest BCUT2D eigenvalue weighted by molar-refractivity contribution is -0.133. The highest BCUT2D eigenvalue weighted by Gasteiger charge is 2.25. The average Bonchev–Trinajstić information content (AvgIpc) is 1.85. The lowest BCUT2D eigenvalue weighted by atomic mass is 10.2. The molecular formula is C8H13F3. The predicted octanol–water partition coefficient (Wildman–Crippen LogP) is 3.69. The van der Waals surface area contributed by atoms with Crippen LogP contribution in [0, 0.1) is 0 Å². The number of hydrogen-bond donors (Lipinski definition) is 0. The maximum Gasteiger partial charge on any atom is 0.389 e. The van der Waals surface area contributed by atoms with E-state index in [-0.39, 0.29) is 6.42 Å². The van der Waals surface area contributed by atoms with E-state index in [1.807, 2.05) is 6.92 Å². The molecule has 0 unspecified atom stereocenters. The van der Waals surface area contributed by atoms with Crippen LogP contribution in [0.1, 0.15) is 32.6 Å². The monoisotopic (exact) mass is 166 g/mol. The van der Waals surface area contributed by atoms with E-state index in [0.717, 1.165) is 12.8 Å². The van der Waals surface area contributed by atoms with Crippen LogP contribution >= 0.6 is 0 Å². The smallest absolute Gasteiger partial charge is 0.171 e. The van der Waals surface area contributed by atoms with E-state index in [4.69, 9.17) is 0 Å². The van der Waals surface area contributed by atoms with Gasteiger partial charge in [-0.3, -0.25) is 0 Å². The van der Waals surface area contributed by atoms with Gasteiger partial charge in [0.15, 0.2) is 0 Å². The second-order valence-electron chi connectivity index (χ2n) is 2.41. The van der Waals surface area contributed by atoms with Crippen LogP contribution in [0.25, 0.3) is 0 Å². The Balaban J connectivity index is 3.27. The molecule has 66 valence electrons. The number of hydrogen-bond acceptors (Lipinski definition) is 0. The fraction of sp³-hybridized carbons (Fsp3) is 0.750. The van der Waals surface area contributed by atoms with Gasteiger partial charge in [0, 0.05) is 6.42 Å². The van der Waals surface area contributed by atoms with Gasteiger partial charge in [-0.25, -0.2) is 0 Å². The molecule has 0 heterocycles. The summed E-state index contributed by atoms with van der Waals surface area (Å²) in [4.78, 5) is 0. The molecule has 0 aliphatic rings. The minimum absolute atomic E-state index is 0.115. The fourth-order valence-corrected chi connectivity index (χ4v) is 0.649. The molecule has 0 aromatic rings. The predicted molar refractivity (Wildman–Crippen MR) is 39.3 cm³/mol. The van der Waals surface area contributed by atoms with Crippen LogP contribution in [-0.4, -0.2) is 6.18 Å². The first-order valence-electron chi connectivity index (χ1n) is 3.78. The summed E-state index contributed by atoms with van der Waals surface area (Å²) in [6.07, 6.45) is 0.663. The summed E-state index contributed by atoms with van der Waals surface area (Å²) in [7, 11) is 0. The number of allylic oxidation sites excluding steroid dienone is 2. The number of alkyl halides is 3. The van der Waals surface area contributed by atoms with Crippen molar-refractivity contribution < 1.29 is 13.2 Å². The third-order valence-electron chi connectivity index (χ3n) is 1.22. The maximum atomic E-state index is 11.5. The van der Waals surface area contributed by atoms with Crippen LogP contribution in [0.5, 0.6) is 0 Å². The first kappa shape index (κ1) is 10.5. The average molecular weight is 166 g/mol. The Morgan fingerprint density at radius 1 is 1.09 bits per heavy atom. The van der Waals surface area contributed by atoms with Gasteiger partial charge in [0.25, 0.3) is 0 Å². The zero-order valence-corrected chi connectivity index (χ0v) is 6.62. The Hall–Kier alpha value is -0.470. The van der Waals surface area contributed by atoms with Crippen LogP contribution in [-0.2, 0) is 0 Å². The largest absolute Gasteiger partial charge is 0.389 e. The van der Waals surface area contributed by atoms with Crippen molar-refractivity contribution >= 4 is 0 Å². The molecule has 0 radical (unpaired) electrons. The highest BCUT2D eigenvalue weighted by molar-refractivity contribution is 4.81. The molecule has 0 aromatic heterocycles. The molecule has 0 saturated carbocycles. The molecule has 0 saturated heterocycles. The van der Waals surface area contributed by atoms with Gasteiger partial charge < -0.3 is 0 Å². The molecule has 0 aliphatic carbocycles. The summed E-state index contributed by atoms with van der Waals surface area (Å²) in [6, 6.07) is 0. The maximum absolute atomic E-state index is 11.5. The van der Waals surface area contributed by atoms with Crippen LogP contribution in [0.15, 0.2) is 12.2 Å². The Bertz CT molecular complexity index is 113. The van der Waals surface area contributed by atoms with Crippen molar-refractivity contribution in [1.82, 2.24) is 0 Å². The van der Waals surface area contributed by atoms with Crippen molar-refractivity contribution in [3.8, 4) is 0 Å². The standard InChI is InChI=1S/C8H13F3/c1-2-3-4-5-6-7-8(9,10)11/h4-5H,2-3,6-7H2,1H3. The van der Waals surface area contributed by atoms with E-state index >= 15 is 0 Å². The first-order chi connectivity index (χ1) is 5.06. The molecule has 0 amide bonds. The van der Waals surface area contributed by atoms with Gasteiger partial charge >= 0.3 is 6.18 Å². The van der Waals surface area contributed by atoms with Crippen molar-refractivity contribution in [2.24, 2.45) is 0 Å². The fourth-order valence-electron chi connectivity index (χ4n) is 0.649. The van der Waals surface area contributed by atoms with E-state index in [9.17, 15) is 13.2 Å². The molecule has 3 heteroatoms. The number of unbranched alkanes of at least 4 members (excludes halogenated alkanes) is 1. The molecule has 0 fully saturated rings. The lowest BCUT2D eigenvalue weighted by Crippen LogP contribution is -2.05. The minimum atomic E-state index is -4.00. The Morgan fingerprint density at radius 3 is 2.09 bits per heavy atom. The third-order valence-corrected chi connectivity index (χ3v) is 1.22. The van der Waals surface area contributed by atoms with E-state index < -0.39 is 12.6 Å². The van der Waals surface area contributed by atoms with Crippen molar-refractivity contribution in [3.63, 3.8) is 0 Å². The lowest BCUT2D eigenvalue weighted by Gasteiger charge is -2.01. The molecule has 0 aliphatic heterocycles. The Kier molecular flexibility index (Phi) is 4.99. The summed E-state index contributed by atoms with van der Waals surface area (Å²) < 4.78 is 34.6. The second-order valence-corrected chi connectivity index (χ2v) is 2.41. The van der Waals surface area contributed by atoms with Crippen molar-refractivity contribution in [3.05, 3.63) is 12.2 Å². The van der Waals surface area contributed by atoms with Gasteiger partial charge in [0.05, 0.1) is 0 Å².